The molecule has 1 atom stereocenters. The van der Waals surface area contributed by atoms with E-state index in [2.05, 4.69) is 24.7 Å². The van der Waals surface area contributed by atoms with Gasteiger partial charge < -0.3 is 4.74 Å². The fraction of sp³-hybridized carbons (Fsp3) is 0.333. The van der Waals surface area contributed by atoms with Gasteiger partial charge in [-0.1, -0.05) is 0 Å². The van der Waals surface area contributed by atoms with Crippen LogP contribution in [0.15, 0.2) is 18.7 Å². The lowest BCUT2D eigenvalue weighted by Crippen LogP contribution is -2.32. The summed E-state index contributed by atoms with van der Waals surface area (Å²) in [6.45, 7) is 0.842. The molecule has 10 heteroatoms. The molecule has 0 spiro atoms. The summed E-state index contributed by atoms with van der Waals surface area (Å²) in [7, 11) is 0. The van der Waals surface area contributed by atoms with E-state index < -0.39 is 18.3 Å². The zero-order valence-corrected chi connectivity index (χ0v) is 10.2. The van der Waals surface area contributed by atoms with Crippen molar-refractivity contribution in [1.29, 1.82) is 0 Å². The molecule has 0 aliphatic rings. The van der Waals surface area contributed by atoms with E-state index >= 15 is 0 Å². The van der Waals surface area contributed by atoms with E-state index in [1.165, 1.54) is 23.3 Å². The standard InChI is InChI=1S/C9H7ClF3N5O/c1-5(9(11,12)13)19-8-16-6(10)15-7(17-8)18-3-2-14-4-18/h2-5H,1H3. The minimum absolute atomic E-state index is 0.0156. The highest BCUT2D eigenvalue weighted by Crippen LogP contribution is 2.23. The van der Waals surface area contributed by atoms with Crippen LogP contribution in [0.25, 0.3) is 5.95 Å². The molecule has 1 unspecified atom stereocenters. The monoisotopic (exact) mass is 293 g/mol. The Hall–Kier alpha value is -1.90. The summed E-state index contributed by atoms with van der Waals surface area (Å²) in [6.07, 6.45) is -2.25. The largest absolute Gasteiger partial charge is 0.451 e. The smallest absolute Gasteiger partial charge is 0.425 e. The van der Waals surface area contributed by atoms with Gasteiger partial charge in [0, 0.05) is 12.4 Å². The van der Waals surface area contributed by atoms with Gasteiger partial charge in [0.15, 0.2) is 6.10 Å². The molecule has 102 valence electrons. The molecule has 0 aliphatic heterocycles. The third-order valence-electron chi connectivity index (χ3n) is 2.05. The van der Waals surface area contributed by atoms with Gasteiger partial charge in [0.1, 0.15) is 6.33 Å². The van der Waals surface area contributed by atoms with Gasteiger partial charge in [0.05, 0.1) is 0 Å². The summed E-state index contributed by atoms with van der Waals surface area (Å²) in [5.74, 6) is 0.0156. The van der Waals surface area contributed by atoms with Crippen LogP contribution >= 0.6 is 11.6 Å². The first-order valence-electron chi connectivity index (χ1n) is 4.99. The molecule has 0 aromatic carbocycles. The van der Waals surface area contributed by atoms with Crippen molar-refractivity contribution in [2.45, 2.75) is 19.2 Å². The second-order valence-corrected chi connectivity index (χ2v) is 3.80. The summed E-state index contributed by atoms with van der Waals surface area (Å²) >= 11 is 5.61. The molecule has 0 fully saturated rings. The molecule has 0 saturated heterocycles. The van der Waals surface area contributed by atoms with E-state index in [0.29, 0.717) is 0 Å². The van der Waals surface area contributed by atoms with Gasteiger partial charge >= 0.3 is 12.2 Å². The number of hydrogen-bond acceptors (Lipinski definition) is 5. The maximum absolute atomic E-state index is 12.4. The van der Waals surface area contributed by atoms with Crippen molar-refractivity contribution in [3.05, 3.63) is 24.0 Å². The minimum Gasteiger partial charge on any atom is -0.451 e. The first-order valence-corrected chi connectivity index (χ1v) is 5.37. The predicted molar refractivity (Wildman–Crippen MR) is 58.1 cm³/mol. The molecule has 2 heterocycles. The van der Waals surface area contributed by atoms with Crippen LogP contribution in [-0.4, -0.2) is 36.8 Å². The molecule has 2 aromatic rings. The van der Waals surface area contributed by atoms with E-state index in [1.807, 2.05) is 0 Å². The molecule has 2 rings (SSSR count). The minimum atomic E-state index is -4.52. The van der Waals surface area contributed by atoms with Gasteiger partial charge in [0.25, 0.3) is 0 Å². The maximum Gasteiger partial charge on any atom is 0.425 e. The Balaban J connectivity index is 2.28. The Morgan fingerprint density at radius 2 is 2.05 bits per heavy atom. The van der Waals surface area contributed by atoms with Crippen LogP contribution in [-0.2, 0) is 0 Å². The van der Waals surface area contributed by atoms with E-state index in [9.17, 15) is 13.2 Å². The molecule has 0 saturated carbocycles. The Bertz CT molecular complexity index is 559. The first kappa shape index (κ1) is 13.5. The number of rotatable bonds is 3. The van der Waals surface area contributed by atoms with E-state index in [4.69, 9.17) is 11.6 Å². The Morgan fingerprint density at radius 1 is 1.32 bits per heavy atom. The summed E-state index contributed by atoms with van der Waals surface area (Å²) in [5, 5.41) is -0.275. The summed E-state index contributed by atoms with van der Waals surface area (Å²) in [4.78, 5) is 14.7. The molecule has 0 bridgehead atoms. The van der Waals surface area contributed by atoms with Crippen LogP contribution < -0.4 is 4.74 Å². The molecular weight excluding hydrogens is 287 g/mol. The van der Waals surface area contributed by atoms with Crippen molar-refractivity contribution in [1.82, 2.24) is 24.5 Å². The average Bonchev–Trinajstić information content (AvgIpc) is 2.80. The van der Waals surface area contributed by atoms with E-state index in [1.54, 1.807) is 0 Å². The third-order valence-corrected chi connectivity index (χ3v) is 2.22. The molecular formula is C9H7ClF3N5O. The zero-order valence-electron chi connectivity index (χ0n) is 9.47. The summed E-state index contributed by atoms with van der Waals surface area (Å²) < 4.78 is 43.0. The number of imidazole rings is 1. The molecule has 0 amide bonds. The quantitative estimate of drug-likeness (QED) is 0.866. The van der Waals surface area contributed by atoms with Gasteiger partial charge in [-0.15, -0.1) is 0 Å². The van der Waals surface area contributed by atoms with Crippen LogP contribution in [0.2, 0.25) is 5.28 Å². The fourth-order valence-electron chi connectivity index (χ4n) is 1.09. The maximum atomic E-state index is 12.4. The van der Waals surface area contributed by atoms with Crippen LogP contribution in [0.4, 0.5) is 13.2 Å². The van der Waals surface area contributed by atoms with Crippen LogP contribution in [0.1, 0.15) is 6.92 Å². The van der Waals surface area contributed by atoms with Gasteiger partial charge in [-0.05, 0) is 18.5 Å². The third kappa shape index (κ3) is 3.31. The number of ether oxygens (including phenoxy) is 1. The Labute approximate surface area is 110 Å². The SMILES string of the molecule is CC(Oc1nc(Cl)nc(-n2ccnc2)n1)C(F)(F)F. The van der Waals surface area contributed by atoms with Gasteiger partial charge in [-0.25, -0.2) is 4.98 Å². The van der Waals surface area contributed by atoms with Crippen LogP contribution in [0, 0.1) is 0 Å². The molecule has 6 nitrogen and oxygen atoms in total. The van der Waals surface area contributed by atoms with Crippen molar-refractivity contribution >= 4 is 11.6 Å². The number of nitrogens with zero attached hydrogens (tertiary/aromatic N) is 5. The lowest BCUT2D eigenvalue weighted by Gasteiger charge is -2.16. The van der Waals surface area contributed by atoms with Gasteiger partial charge in [-0.3, -0.25) is 4.57 Å². The van der Waals surface area contributed by atoms with Crippen molar-refractivity contribution in [3.63, 3.8) is 0 Å². The highest BCUT2D eigenvalue weighted by molar-refractivity contribution is 6.28. The molecule has 19 heavy (non-hydrogen) atoms. The van der Waals surface area contributed by atoms with Crippen molar-refractivity contribution < 1.29 is 17.9 Å². The Morgan fingerprint density at radius 3 is 2.63 bits per heavy atom. The number of aromatic nitrogens is 5. The summed E-state index contributed by atoms with van der Waals surface area (Å²) in [5.41, 5.74) is 0. The lowest BCUT2D eigenvalue weighted by molar-refractivity contribution is -0.190. The van der Waals surface area contributed by atoms with E-state index in [0.717, 1.165) is 6.92 Å². The van der Waals surface area contributed by atoms with Crippen LogP contribution in [0.5, 0.6) is 6.01 Å². The van der Waals surface area contributed by atoms with Crippen LogP contribution in [0.3, 0.4) is 0 Å². The Kier molecular flexibility index (Phi) is 3.56. The van der Waals surface area contributed by atoms with Gasteiger partial charge in [0.2, 0.25) is 11.2 Å². The molecule has 2 aromatic heterocycles. The highest BCUT2D eigenvalue weighted by Gasteiger charge is 2.38. The van der Waals surface area contributed by atoms with Crippen molar-refractivity contribution in [3.8, 4) is 12.0 Å². The topological polar surface area (TPSA) is 65.7 Å². The number of alkyl halides is 3. The second-order valence-electron chi connectivity index (χ2n) is 3.46. The summed E-state index contributed by atoms with van der Waals surface area (Å²) in [6, 6.07) is -0.506. The predicted octanol–water partition coefficient (Wildman–Crippen LogP) is 2.04. The normalized spacial score (nSPS) is 13.3. The molecule has 0 aliphatic carbocycles. The fourth-order valence-corrected chi connectivity index (χ4v) is 1.24. The second kappa shape index (κ2) is 5.00. The first-order chi connectivity index (χ1) is 8.86. The van der Waals surface area contributed by atoms with Crippen molar-refractivity contribution in [2.75, 3.05) is 0 Å². The molecule has 0 N–H and O–H groups in total. The van der Waals surface area contributed by atoms with Crippen molar-refractivity contribution in [2.24, 2.45) is 0 Å². The highest BCUT2D eigenvalue weighted by atomic mass is 35.5. The number of hydrogen-bond donors (Lipinski definition) is 0. The average molecular weight is 294 g/mol. The number of halogens is 4. The zero-order chi connectivity index (χ0) is 14.0. The van der Waals surface area contributed by atoms with Gasteiger partial charge in [-0.2, -0.15) is 28.1 Å². The lowest BCUT2D eigenvalue weighted by atomic mass is 10.4. The van der Waals surface area contributed by atoms with E-state index in [-0.39, 0.29) is 11.2 Å². The molecule has 0 radical (unpaired) electrons.